The van der Waals surface area contributed by atoms with Crippen LogP contribution in [0.2, 0.25) is 0 Å². The molecular formula is C20H26N6O2S. The zero-order valence-electron chi connectivity index (χ0n) is 16.6. The molecule has 2 aliphatic rings. The Balaban J connectivity index is 1.33. The number of morpholine rings is 1. The Labute approximate surface area is 175 Å². The van der Waals surface area contributed by atoms with E-state index in [1.807, 2.05) is 47.7 Å². The van der Waals surface area contributed by atoms with Crippen molar-refractivity contribution in [3.05, 3.63) is 36.5 Å². The molecule has 0 saturated carbocycles. The monoisotopic (exact) mass is 414 g/mol. The Morgan fingerprint density at radius 1 is 1.07 bits per heavy atom. The number of nitrogens with zero attached hydrogens (tertiary/aromatic N) is 5. The molecule has 0 unspecified atom stereocenters. The number of urea groups is 1. The Morgan fingerprint density at radius 2 is 1.86 bits per heavy atom. The van der Waals surface area contributed by atoms with Crippen molar-refractivity contribution in [2.24, 2.45) is 0 Å². The molecule has 0 atom stereocenters. The molecule has 1 aromatic carbocycles. The van der Waals surface area contributed by atoms with Crippen molar-refractivity contribution in [3.8, 4) is 0 Å². The summed E-state index contributed by atoms with van der Waals surface area (Å²) in [4.78, 5) is 29.1. The highest BCUT2D eigenvalue weighted by Gasteiger charge is 2.23. The minimum Gasteiger partial charge on any atom is -0.378 e. The maximum Gasteiger partial charge on any atom is 0.321 e. The predicted octanol–water partition coefficient (Wildman–Crippen LogP) is 2.39. The molecule has 0 spiro atoms. The van der Waals surface area contributed by atoms with Crippen molar-refractivity contribution < 1.29 is 9.53 Å². The van der Waals surface area contributed by atoms with Gasteiger partial charge in [-0.05, 0) is 30.5 Å². The number of anilines is 3. The fourth-order valence-electron chi connectivity index (χ4n) is 3.47. The van der Waals surface area contributed by atoms with Gasteiger partial charge in [0, 0.05) is 56.0 Å². The smallest absolute Gasteiger partial charge is 0.321 e. The van der Waals surface area contributed by atoms with Gasteiger partial charge in [-0.2, -0.15) is 4.98 Å². The van der Waals surface area contributed by atoms with Crippen LogP contribution < -0.4 is 15.1 Å². The summed E-state index contributed by atoms with van der Waals surface area (Å²) < 4.78 is 5.41. The van der Waals surface area contributed by atoms with Gasteiger partial charge in [0.05, 0.1) is 13.2 Å². The molecule has 9 heteroatoms. The minimum atomic E-state index is -0.0559. The van der Waals surface area contributed by atoms with Crippen LogP contribution in [0.5, 0.6) is 0 Å². The number of thioether (sulfide) groups is 1. The van der Waals surface area contributed by atoms with Gasteiger partial charge in [-0.25, -0.2) is 9.78 Å². The number of hydrogen-bond donors (Lipinski definition) is 1. The first-order chi connectivity index (χ1) is 14.2. The van der Waals surface area contributed by atoms with E-state index in [0.717, 1.165) is 48.5 Å². The lowest BCUT2D eigenvalue weighted by Crippen LogP contribution is -2.50. The van der Waals surface area contributed by atoms with Gasteiger partial charge in [0.25, 0.3) is 0 Å². The van der Waals surface area contributed by atoms with Crippen molar-refractivity contribution in [1.29, 1.82) is 0 Å². The summed E-state index contributed by atoms with van der Waals surface area (Å²) in [6.45, 7) is 5.86. The van der Waals surface area contributed by atoms with Gasteiger partial charge in [-0.3, -0.25) is 0 Å². The molecule has 8 nitrogen and oxygen atoms in total. The zero-order chi connectivity index (χ0) is 20.1. The van der Waals surface area contributed by atoms with Crippen LogP contribution in [0, 0.1) is 0 Å². The second kappa shape index (κ2) is 9.32. The number of carbonyl (C=O) groups excluding carboxylic acids is 1. The first-order valence-electron chi connectivity index (χ1n) is 9.83. The van der Waals surface area contributed by atoms with E-state index < -0.39 is 0 Å². The number of ether oxygens (including phenoxy) is 1. The van der Waals surface area contributed by atoms with Crippen LogP contribution in [0.25, 0.3) is 0 Å². The predicted molar refractivity (Wildman–Crippen MR) is 116 cm³/mol. The first-order valence-corrected chi connectivity index (χ1v) is 11.1. The van der Waals surface area contributed by atoms with Gasteiger partial charge in [0.1, 0.15) is 5.82 Å². The van der Waals surface area contributed by atoms with Gasteiger partial charge < -0.3 is 24.8 Å². The molecule has 0 bridgehead atoms. The van der Waals surface area contributed by atoms with Crippen LogP contribution in [0.3, 0.4) is 0 Å². The SMILES string of the molecule is CSc1cccc(NC(=O)N2CCN(c3ccnc(N4CCOCC4)n3)CC2)c1. The summed E-state index contributed by atoms with van der Waals surface area (Å²) in [5, 5.41) is 3.00. The van der Waals surface area contributed by atoms with E-state index in [9.17, 15) is 4.79 Å². The molecule has 0 aliphatic carbocycles. The average molecular weight is 415 g/mol. The number of benzene rings is 1. The third-order valence-corrected chi connectivity index (χ3v) is 5.86. The molecular weight excluding hydrogens is 388 g/mol. The molecule has 2 fully saturated rings. The Morgan fingerprint density at radius 3 is 2.62 bits per heavy atom. The average Bonchev–Trinajstić information content (AvgIpc) is 2.80. The maximum atomic E-state index is 12.6. The van der Waals surface area contributed by atoms with E-state index >= 15 is 0 Å². The lowest BCUT2D eigenvalue weighted by atomic mass is 10.3. The fourth-order valence-corrected chi connectivity index (χ4v) is 3.93. The number of nitrogens with one attached hydrogen (secondary N) is 1. The summed E-state index contributed by atoms with van der Waals surface area (Å²) in [5.41, 5.74) is 0.829. The summed E-state index contributed by atoms with van der Waals surface area (Å²) in [5.74, 6) is 1.66. The quantitative estimate of drug-likeness (QED) is 0.770. The number of piperazine rings is 1. The zero-order valence-corrected chi connectivity index (χ0v) is 17.4. The van der Waals surface area contributed by atoms with E-state index in [4.69, 9.17) is 9.72 Å². The Kier molecular flexibility index (Phi) is 6.36. The van der Waals surface area contributed by atoms with Crippen LogP contribution in [0.1, 0.15) is 0 Å². The van der Waals surface area contributed by atoms with Gasteiger partial charge in [0.15, 0.2) is 0 Å². The Bertz CT molecular complexity index is 837. The highest BCUT2D eigenvalue weighted by Crippen LogP contribution is 2.20. The second-order valence-corrected chi connectivity index (χ2v) is 7.83. The van der Waals surface area contributed by atoms with Crippen LogP contribution in [-0.2, 0) is 4.74 Å². The third-order valence-electron chi connectivity index (χ3n) is 5.13. The first kappa shape index (κ1) is 19.8. The van der Waals surface area contributed by atoms with Crippen molar-refractivity contribution in [2.75, 3.05) is 73.9 Å². The van der Waals surface area contributed by atoms with Crippen LogP contribution >= 0.6 is 11.8 Å². The fraction of sp³-hybridized carbons (Fsp3) is 0.450. The molecule has 2 saturated heterocycles. The summed E-state index contributed by atoms with van der Waals surface area (Å²) in [7, 11) is 0. The third kappa shape index (κ3) is 4.91. The molecule has 2 aromatic rings. The van der Waals surface area contributed by atoms with E-state index in [-0.39, 0.29) is 6.03 Å². The van der Waals surface area contributed by atoms with Crippen LogP contribution in [-0.4, -0.2) is 79.6 Å². The summed E-state index contributed by atoms with van der Waals surface area (Å²) in [6, 6.07) is 9.79. The van der Waals surface area contributed by atoms with Crippen molar-refractivity contribution in [1.82, 2.24) is 14.9 Å². The van der Waals surface area contributed by atoms with E-state index in [2.05, 4.69) is 20.1 Å². The molecule has 4 rings (SSSR count). The van der Waals surface area contributed by atoms with Gasteiger partial charge >= 0.3 is 6.03 Å². The molecule has 29 heavy (non-hydrogen) atoms. The number of hydrogen-bond acceptors (Lipinski definition) is 7. The van der Waals surface area contributed by atoms with Gasteiger partial charge in [-0.1, -0.05) is 6.07 Å². The molecule has 2 aliphatic heterocycles. The normalized spacial score (nSPS) is 17.3. The highest BCUT2D eigenvalue weighted by molar-refractivity contribution is 7.98. The van der Waals surface area contributed by atoms with Crippen LogP contribution in [0.15, 0.2) is 41.4 Å². The number of aromatic nitrogens is 2. The van der Waals surface area contributed by atoms with Gasteiger partial charge in [0.2, 0.25) is 5.95 Å². The molecule has 1 N–H and O–H groups in total. The molecule has 0 radical (unpaired) electrons. The standard InChI is InChI=1S/C20H26N6O2S/c1-29-17-4-2-3-16(15-17)22-20(27)26-9-7-24(8-10-26)18-5-6-21-19(23-18)25-11-13-28-14-12-25/h2-6,15H,7-14H2,1H3,(H,22,27). The van der Waals surface area contributed by atoms with Crippen molar-refractivity contribution >= 4 is 35.2 Å². The van der Waals surface area contributed by atoms with Crippen LogP contribution in [0.4, 0.5) is 22.2 Å². The topological polar surface area (TPSA) is 73.8 Å². The molecule has 1 aromatic heterocycles. The lowest BCUT2D eigenvalue weighted by Gasteiger charge is -2.35. The lowest BCUT2D eigenvalue weighted by molar-refractivity contribution is 0.122. The number of amides is 2. The largest absolute Gasteiger partial charge is 0.378 e. The highest BCUT2D eigenvalue weighted by atomic mass is 32.2. The number of carbonyl (C=O) groups is 1. The summed E-state index contributed by atoms with van der Waals surface area (Å²) >= 11 is 1.66. The van der Waals surface area contributed by atoms with E-state index in [1.54, 1.807) is 11.8 Å². The van der Waals surface area contributed by atoms with Crippen molar-refractivity contribution in [3.63, 3.8) is 0 Å². The maximum absolute atomic E-state index is 12.6. The summed E-state index contributed by atoms with van der Waals surface area (Å²) in [6.07, 6.45) is 3.84. The second-order valence-electron chi connectivity index (χ2n) is 6.95. The van der Waals surface area contributed by atoms with E-state index in [1.165, 1.54) is 0 Å². The van der Waals surface area contributed by atoms with Gasteiger partial charge in [-0.15, -0.1) is 11.8 Å². The molecule has 154 valence electrons. The van der Waals surface area contributed by atoms with E-state index in [0.29, 0.717) is 26.3 Å². The molecule has 2 amide bonds. The molecule has 3 heterocycles. The van der Waals surface area contributed by atoms with Crippen molar-refractivity contribution in [2.45, 2.75) is 4.90 Å². The minimum absolute atomic E-state index is 0.0559. The Hall–Kier alpha value is -2.52. The number of rotatable bonds is 4.